The average Bonchev–Trinajstić information content (AvgIpc) is 3.41. The molecule has 146 valence electrons. The van der Waals surface area contributed by atoms with Crippen molar-refractivity contribution < 1.29 is 4.79 Å². The molecule has 1 saturated carbocycles. The van der Waals surface area contributed by atoms with Crippen LogP contribution in [-0.4, -0.2) is 53.5 Å². The van der Waals surface area contributed by atoms with E-state index in [9.17, 15) is 4.79 Å². The summed E-state index contributed by atoms with van der Waals surface area (Å²) < 4.78 is 0. The molecule has 3 atom stereocenters. The van der Waals surface area contributed by atoms with Gasteiger partial charge in [0.05, 0.1) is 17.8 Å². The van der Waals surface area contributed by atoms with Gasteiger partial charge in [-0.2, -0.15) is 5.26 Å². The van der Waals surface area contributed by atoms with Crippen molar-refractivity contribution in [2.24, 2.45) is 22.4 Å². The van der Waals surface area contributed by atoms with Gasteiger partial charge in [0.15, 0.2) is 5.96 Å². The number of hydrogen-bond donors (Lipinski definition) is 2. The number of guanidine groups is 1. The predicted octanol–water partition coefficient (Wildman–Crippen LogP) is 1.42. The number of piperidine rings is 1. The molecule has 0 spiro atoms. The van der Waals surface area contributed by atoms with Gasteiger partial charge in [0.25, 0.3) is 0 Å². The van der Waals surface area contributed by atoms with E-state index in [4.69, 9.17) is 16.7 Å². The Balaban J connectivity index is 1.51. The van der Waals surface area contributed by atoms with Crippen molar-refractivity contribution in [3.05, 3.63) is 41.7 Å². The number of amides is 2. The molecule has 2 amide bonds. The Hall–Kier alpha value is -3.21. The topological polar surface area (TPSA) is 115 Å². The van der Waals surface area contributed by atoms with E-state index in [0.29, 0.717) is 30.7 Å². The van der Waals surface area contributed by atoms with Crippen LogP contribution in [0, 0.1) is 17.2 Å². The molecule has 28 heavy (non-hydrogen) atoms. The highest BCUT2D eigenvalue weighted by Gasteiger charge is 2.50. The quantitative estimate of drug-likeness (QED) is 0.468. The van der Waals surface area contributed by atoms with Crippen LogP contribution in [0.15, 0.2) is 46.7 Å². The van der Waals surface area contributed by atoms with Crippen molar-refractivity contribution >= 4 is 17.7 Å². The maximum Gasteiger partial charge on any atom is 0.324 e. The number of nitrogens with zero attached hydrogens (tertiary/aromatic N) is 5. The molecule has 0 radical (unpaired) electrons. The third-order valence-corrected chi connectivity index (χ3v) is 6.05. The first-order valence-electron chi connectivity index (χ1n) is 9.60. The summed E-state index contributed by atoms with van der Waals surface area (Å²) in [6.45, 7) is 3.92. The van der Waals surface area contributed by atoms with Crippen molar-refractivity contribution in [1.82, 2.24) is 9.80 Å². The predicted molar refractivity (Wildman–Crippen MR) is 107 cm³/mol. The maximum atomic E-state index is 13.1. The summed E-state index contributed by atoms with van der Waals surface area (Å²) in [6.07, 6.45) is 2.00. The highest BCUT2D eigenvalue weighted by Crippen LogP contribution is 2.41. The number of benzene rings is 1. The minimum absolute atomic E-state index is 0.0593. The highest BCUT2D eigenvalue weighted by molar-refractivity contribution is 5.94. The van der Waals surface area contributed by atoms with Crippen LogP contribution in [0.1, 0.15) is 19.8 Å². The number of aliphatic imine (C=N–C) groups is 1. The molecule has 8 nitrogen and oxygen atoms in total. The number of nitriles is 1. The van der Waals surface area contributed by atoms with Crippen LogP contribution in [0.3, 0.4) is 0 Å². The Kier molecular flexibility index (Phi) is 4.59. The first-order chi connectivity index (χ1) is 13.5. The normalized spacial score (nSPS) is 28.0. The molecule has 2 heterocycles. The van der Waals surface area contributed by atoms with Crippen molar-refractivity contribution in [2.45, 2.75) is 31.8 Å². The molecule has 2 aliphatic heterocycles. The van der Waals surface area contributed by atoms with E-state index >= 15 is 0 Å². The standard InChI is InChI=1S/C20H25N7O/c1-13(16(22)11-21)24-19(23)27-12-14-9-17(18(27)10-14)26-8-7-25(20(26)28)15-5-3-2-4-6-15/h2-6,14,17-18H,7-10,12,22H2,1H3,(H2,23,24)/b16-13-. The Bertz CT molecular complexity index is 872. The molecule has 1 aromatic rings. The number of hydrogen-bond acceptors (Lipinski definition) is 4. The maximum absolute atomic E-state index is 13.1. The van der Waals surface area contributed by atoms with E-state index in [1.54, 1.807) is 6.92 Å². The molecule has 1 aliphatic carbocycles. The zero-order valence-electron chi connectivity index (χ0n) is 16.0. The number of carbonyl (C=O) groups is 1. The van der Waals surface area contributed by atoms with Crippen molar-refractivity contribution in [3.63, 3.8) is 0 Å². The second-order valence-corrected chi connectivity index (χ2v) is 7.67. The Labute approximate surface area is 164 Å². The van der Waals surface area contributed by atoms with Crippen LogP contribution < -0.4 is 16.4 Å². The summed E-state index contributed by atoms with van der Waals surface area (Å²) in [6, 6.07) is 12.0. The van der Waals surface area contributed by atoms with E-state index in [0.717, 1.165) is 25.1 Å². The van der Waals surface area contributed by atoms with E-state index in [1.807, 2.05) is 46.2 Å². The molecule has 3 aliphatic rings. The Morgan fingerprint density at radius 1 is 1.18 bits per heavy atom. The van der Waals surface area contributed by atoms with Gasteiger partial charge in [-0.3, -0.25) is 4.90 Å². The van der Waals surface area contributed by atoms with Crippen molar-refractivity contribution in [3.8, 4) is 6.07 Å². The van der Waals surface area contributed by atoms with Gasteiger partial charge in [-0.15, -0.1) is 0 Å². The number of allylic oxidation sites excluding steroid dienone is 2. The smallest absolute Gasteiger partial charge is 0.324 e. The van der Waals surface area contributed by atoms with Gasteiger partial charge in [-0.05, 0) is 37.8 Å². The largest absolute Gasteiger partial charge is 0.389 e. The highest BCUT2D eigenvalue weighted by atomic mass is 16.2. The summed E-state index contributed by atoms with van der Waals surface area (Å²) in [7, 11) is 0. The molecule has 8 heteroatoms. The average molecular weight is 379 g/mol. The summed E-state index contributed by atoms with van der Waals surface area (Å²) in [5.41, 5.74) is 13.3. The summed E-state index contributed by atoms with van der Waals surface area (Å²) in [5.74, 6) is 0.874. The van der Waals surface area contributed by atoms with Gasteiger partial charge in [0.1, 0.15) is 11.8 Å². The first-order valence-corrected chi connectivity index (χ1v) is 9.60. The second kappa shape index (κ2) is 7.08. The molecule has 2 bridgehead atoms. The molecular weight excluding hydrogens is 354 g/mol. The van der Waals surface area contributed by atoms with E-state index in [2.05, 4.69) is 9.89 Å². The number of fused-ring (bicyclic) bond motifs is 2. The lowest BCUT2D eigenvalue weighted by Gasteiger charge is -2.38. The lowest BCUT2D eigenvalue weighted by molar-refractivity contribution is 0.152. The number of likely N-dealkylation sites (tertiary alicyclic amines) is 1. The number of rotatable bonds is 3. The zero-order valence-corrected chi connectivity index (χ0v) is 16.0. The number of anilines is 1. The van der Waals surface area contributed by atoms with Crippen LogP contribution in [-0.2, 0) is 0 Å². The summed E-state index contributed by atoms with van der Waals surface area (Å²) in [4.78, 5) is 23.3. The van der Waals surface area contributed by atoms with Crippen molar-refractivity contribution in [2.75, 3.05) is 24.5 Å². The van der Waals surface area contributed by atoms with Crippen LogP contribution in [0.25, 0.3) is 0 Å². The van der Waals surface area contributed by atoms with Crippen LogP contribution >= 0.6 is 0 Å². The van der Waals surface area contributed by atoms with Crippen LogP contribution in [0.2, 0.25) is 0 Å². The number of nitrogens with two attached hydrogens (primary N) is 2. The number of para-hydroxylation sites is 1. The van der Waals surface area contributed by atoms with Gasteiger partial charge in [0, 0.05) is 25.3 Å². The third-order valence-electron chi connectivity index (χ3n) is 6.05. The monoisotopic (exact) mass is 379 g/mol. The SMILES string of the molecule is C/C(N=C(N)N1CC2CC(N3CCN(c4ccccc4)C3=O)C1C2)=C(/N)C#N. The summed E-state index contributed by atoms with van der Waals surface area (Å²) >= 11 is 0. The Morgan fingerprint density at radius 3 is 2.57 bits per heavy atom. The van der Waals surface area contributed by atoms with Gasteiger partial charge >= 0.3 is 6.03 Å². The fourth-order valence-electron chi connectivity index (χ4n) is 4.68. The summed E-state index contributed by atoms with van der Waals surface area (Å²) in [5, 5.41) is 8.92. The molecular formula is C20H25N7O. The molecule has 3 fully saturated rings. The minimum atomic E-state index is 0.0593. The van der Waals surface area contributed by atoms with Crippen molar-refractivity contribution in [1.29, 1.82) is 5.26 Å². The fourth-order valence-corrected chi connectivity index (χ4v) is 4.68. The van der Waals surface area contributed by atoms with Gasteiger partial charge in [-0.25, -0.2) is 9.79 Å². The third kappa shape index (κ3) is 3.03. The zero-order chi connectivity index (χ0) is 19.8. The van der Waals surface area contributed by atoms with E-state index in [-0.39, 0.29) is 23.8 Å². The molecule has 0 aromatic heterocycles. The molecule has 3 unspecified atom stereocenters. The second-order valence-electron chi connectivity index (χ2n) is 7.67. The van der Waals surface area contributed by atoms with Gasteiger partial charge in [-0.1, -0.05) is 18.2 Å². The molecule has 4 N–H and O–H groups in total. The lowest BCUT2D eigenvalue weighted by atomic mass is 10.0. The van der Waals surface area contributed by atoms with E-state index < -0.39 is 0 Å². The molecule has 2 saturated heterocycles. The molecule has 1 aromatic carbocycles. The fraction of sp³-hybridized carbons (Fsp3) is 0.450. The van der Waals surface area contributed by atoms with Crippen LogP contribution in [0.4, 0.5) is 10.5 Å². The number of urea groups is 1. The van der Waals surface area contributed by atoms with Crippen LogP contribution in [0.5, 0.6) is 0 Å². The van der Waals surface area contributed by atoms with E-state index in [1.165, 1.54) is 0 Å². The van der Waals surface area contributed by atoms with Gasteiger partial charge < -0.3 is 21.3 Å². The molecule has 4 rings (SSSR count). The first kappa shape index (κ1) is 18.2. The van der Waals surface area contributed by atoms with Gasteiger partial charge in [0.2, 0.25) is 0 Å². The Morgan fingerprint density at radius 2 is 1.89 bits per heavy atom. The minimum Gasteiger partial charge on any atom is -0.389 e. The lowest BCUT2D eigenvalue weighted by Crippen LogP contribution is -2.54. The number of carbonyl (C=O) groups excluding carboxylic acids is 1.